The molecule has 0 aromatic carbocycles. The van der Waals surface area contributed by atoms with Gasteiger partial charge in [-0.3, -0.25) is 0 Å². The van der Waals surface area contributed by atoms with Gasteiger partial charge in [0.1, 0.15) is 0 Å². The molecule has 1 radical (unpaired) electrons. The summed E-state index contributed by atoms with van der Waals surface area (Å²) in [7, 11) is 0. The minimum atomic E-state index is -0.0556. The molecule has 0 aliphatic carbocycles. The predicted molar refractivity (Wildman–Crippen MR) is 18.5 cm³/mol. The quantitative estimate of drug-likeness (QED) is 0.461. The molecule has 0 bridgehead atoms. The molecular formula is C2HN4O. The van der Waals surface area contributed by atoms with Crippen molar-refractivity contribution >= 4 is 5.95 Å². The fraction of sp³-hybridized carbons (Fsp3) is 0. The SMILES string of the molecule is [N]=Nc1ncon1. The smallest absolute Gasteiger partial charge is 0.309 e. The zero-order valence-corrected chi connectivity index (χ0v) is 3.27. The minimum absolute atomic E-state index is 0.0556. The zero-order valence-electron chi connectivity index (χ0n) is 3.27. The summed E-state index contributed by atoms with van der Waals surface area (Å²) < 4.78 is 4.19. The van der Waals surface area contributed by atoms with Gasteiger partial charge in [0.05, 0.1) is 0 Å². The molecule has 1 aromatic heterocycles. The first kappa shape index (κ1) is 3.91. The molecule has 7 heavy (non-hydrogen) atoms. The minimum Gasteiger partial charge on any atom is -0.341 e. The van der Waals surface area contributed by atoms with E-state index in [2.05, 4.69) is 19.8 Å². The van der Waals surface area contributed by atoms with E-state index in [1.807, 2.05) is 0 Å². The van der Waals surface area contributed by atoms with E-state index in [9.17, 15) is 0 Å². The molecule has 0 spiro atoms. The van der Waals surface area contributed by atoms with Crippen LogP contribution in [0.2, 0.25) is 0 Å². The highest BCUT2D eigenvalue weighted by Crippen LogP contribution is 1.95. The number of hydrogen-bond donors (Lipinski definition) is 0. The maximum Gasteiger partial charge on any atom is 0.309 e. The fourth-order valence-corrected chi connectivity index (χ4v) is 0.209. The molecule has 0 atom stereocenters. The van der Waals surface area contributed by atoms with Crippen LogP contribution in [0, 0.1) is 0 Å². The summed E-state index contributed by atoms with van der Waals surface area (Å²) in [5, 5.41) is 5.75. The molecule has 0 saturated heterocycles. The molecule has 0 N–H and O–H groups in total. The molecule has 0 fully saturated rings. The normalized spacial score (nSPS) is 8.57. The second kappa shape index (κ2) is 1.46. The summed E-state index contributed by atoms with van der Waals surface area (Å²) in [5.74, 6) is -0.0556. The molecule has 1 heterocycles. The van der Waals surface area contributed by atoms with Crippen molar-refractivity contribution < 1.29 is 4.52 Å². The predicted octanol–water partition coefficient (Wildman–Crippen LogP) is -0.0466. The standard InChI is InChI=1S/C2HN4O/c3-5-2-4-1-7-6-2/h1H. The van der Waals surface area contributed by atoms with Gasteiger partial charge in [0.15, 0.2) is 0 Å². The van der Waals surface area contributed by atoms with Crippen molar-refractivity contribution in [3.05, 3.63) is 6.39 Å². The van der Waals surface area contributed by atoms with Crippen molar-refractivity contribution in [3.8, 4) is 0 Å². The first-order valence-corrected chi connectivity index (χ1v) is 1.55. The number of hydrogen-bond acceptors (Lipinski definition) is 4. The first-order chi connectivity index (χ1) is 3.43. The van der Waals surface area contributed by atoms with Gasteiger partial charge in [-0.15, -0.1) is 0 Å². The molecule has 5 nitrogen and oxygen atoms in total. The zero-order chi connectivity index (χ0) is 5.11. The molecule has 0 unspecified atom stereocenters. The van der Waals surface area contributed by atoms with Gasteiger partial charge in [0.25, 0.3) is 0 Å². The van der Waals surface area contributed by atoms with Gasteiger partial charge in [-0.1, -0.05) is 5.11 Å². The lowest BCUT2D eigenvalue weighted by Gasteiger charge is -1.61. The van der Waals surface area contributed by atoms with Crippen molar-refractivity contribution in [2.24, 2.45) is 5.11 Å². The van der Waals surface area contributed by atoms with Crippen molar-refractivity contribution in [1.82, 2.24) is 15.7 Å². The third kappa shape index (κ3) is 0.594. The monoisotopic (exact) mass is 97.0 g/mol. The number of aromatic nitrogens is 2. The van der Waals surface area contributed by atoms with Gasteiger partial charge in [-0.2, -0.15) is 4.98 Å². The van der Waals surface area contributed by atoms with Crippen molar-refractivity contribution in [2.75, 3.05) is 0 Å². The van der Waals surface area contributed by atoms with Gasteiger partial charge in [-0.05, 0) is 10.7 Å². The van der Waals surface area contributed by atoms with Crippen LogP contribution in [0.25, 0.3) is 0 Å². The summed E-state index contributed by atoms with van der Waals surface area (Å²) in [6.07, 6.45) is 1.08. The third-order valence-electron chi connectivity index (χ3n) is 0.439. The number of nitrogens with zero attached hydrogens (tertiary/aromatic N) is 4. The average molecular weight is 97.1 g/mol. The van der Waals surface area contributed by atoms with Crippen LogP contribution < -0.4 is 5.53 Å². The van der Waals surface area contributed by atoms with E-state index in [0.29, 0.717) is 0 Å². The lowest BCUT2D eigenvalue weighted by Crippen LogP contribution is -1.60. The van der Waals surface area contributed by atoms with Crippen molar-refractivity contribution in [3.63, 3.8) is 0 Å². The number of rotatable bonds is 1. The lowest BCUT2D eigenvalue weighted by atomic mass is 11.1. The van der Waals surface area contributed by atoms with E-state index in [0.717, 1.165) is 6.39 Å². The van der Waals surface area contributed by atoms with Crippen LogP contribution in [0.15, 0.2) is 16.0 Å². The summed E-state index contributed by atoms with van der Waals surface area (Å²) in [4.78, 5) is 3.34. The van der Waals surface area contributed by atoms with Crippen LogP contribution in [-0.2, 0) is 0 Å². The van der Waals surface area contributed by atoms with Gasteiger partial charge >= 0.3 is 5.95 Å². The van der Waals surface area contributed by atoms with Crippen molar-refractivity contribution in [1.29, 1.82) is 0 Å². The van der Waals surface area contributed by atoms with Gasteiger partial charge in [-0.25, -0.2) is 0 Å². The van der Waals surface area contributed by atoms with E-state index >= 15 is 0 Å². The third-order valence-corrected chi connectivity index (χ3v) is 0.439. The van der Waals surface area contributed by atoms with Crippen LogP contribution in [0.3, 0.4) is 0 Å². The Morgan fingerprint density at radius 1 is 1.86 bits per heavy atom. The fourth-order valence-electron chi connectivity index (χ4n) is 0.209. The molecule has 1 rings (SSSR count). The molecule has 0 aliphatic rings. The first-order valence-electron chi connectivity index (χ1n) is 1.55. The molecule has 1 aromatic rings. The Labute approximate surface area is 38.9 Å². The summed E-state index contributed by atoms with van der Waals surface area (Å²) in [6, 6.07) is 0. The Hall–Kier alpha value is -1.26. The molecule has 35 valence electrons. The van der Waals surface area contributed by atoms with E-state index in [1.54, 1.807) is 0 Å². The van der Waals surface area contributed by atoms with Gasteiger partial charge in [0, 0.05) is 0 Å². The van der Waals surface area contributed by atoms with E-state index in [1.165, 1.54) is 0 Å². The molecule has 5 heteroatoms. The second-order valence-electron chi connectivity index (χ2n) is 0.831. The molecule has 0 amide bonds. The average Bonchev–Trinajstić information content (AvgIpc) is 2.14. The van der Waals surface area contributed by atoms with Gasteiger partial charge < -0.3 is 4.52 Å². The molecule has 0 aliphatic heterocycles. The van der Waals surface area contributed by atoms with Crippen LogP contribution in [0.1, 0.15) is 0 Å². The molecular weight excluding hydrogens is 96.0 g/mol. The maximum absolute atomic E-state index is 7.87. The van der Waals surface area contributed by atoms with Gasteiger partial charge in [0.2, 0.25) is 6.39 Å². The van der Waals surface area contributed by atoms with E-state index in [-0.39, 0.29) is 5.95 Å². The van der Waals surface area contributed by atoms with Crippen LogP contribution >= 0.6 is 0 Å². The Bertz CT molecular complexity index is 145. The topological polar surface area (TPSA) is 73.6 Å². The highest BCUT2D eigenvalue weighted by molar-refractivity contribution is 5.03. The Balaban J connectivity index is 2.96. The Kier molecular flexibility index (Phi) is 0.816. The largest absolute Gasteiger partial charge is 0.341 e. The van der Waals surface area contributed by atoms with Crippen molar-refractivity contribution in [2.45, 2.75) is 0 Å². The maximum atomic E-state index is 7.87. The summed E-state index contributed by atoms with van der Waals surface area (Å²) in [5.41, 5.74) is 7.87. The van der Waals surface area contributed by atoms with E-state index in [4.69, 9.17) is 5.53 Å². The second-order valence-corrected chi connectivity index (χ2v) is 0.831. The molecule has 0 saturated carbocycles. The summed E-state index contributed by atoms with van der Waals surface area (Å²) in [6.45, 7) is 0. The lowest BCUT2D eigenvalue weighted by molar-refractivity contribution is 0.418. The summed E-state index contributed by atoms with van der Waals surface area (Å²) >= 11 is 0. The van der Waals surface area contributed by atoms with E-state index < -0.39 is 0 Å². The highest BCUT2D eigenvalue weighted by Gasteiger charge is 1.88. The van der Waals surface area contributed by atoms with Crippen LogP contribution in [-0.4, -0.2) is 10.1 Å². The highest BCUT2D eigenvalue weighted by atomic mass is 16.5. The Morgan fingerprint density at radius 3 is 3.00 bits per heavy atom. The van der Waals surface area contributed by atoms with Crippen LogP contribution in [0.4, 0.5) is 5.95 Å². The van der Waals surface area contributed by atoms with Crippen LogP contribution in [0.5, 0.6) is 0 Å². The Morgan fingerprint density at radius 2 is 2.71 bits per heavy atom.